The lowest BCUT2D eigenvalue weighted by molar-refractivity contribution is -0.384. The smallest absolute Gasteiger partial charge is 0.270 e. The van der Waals surface area contributed by atoms with Gasteiger partial charge in [-0.3, -0.25) is 10.1 Å². The minimum atomic E-state index is -0.408. The fourth-order valence-electron chi connectivity index (χ4n) is 2.46. The van der Waals surface area contributed by atoms with E-state index in [-0.39, 0.29) is 5.69 Å². The van der Waals surface area contributed by atoms with E-state index in [4.69, 9.17) is 9.47 Å². The second kappa shape index (κ2) is 8.26. The number of pyridine rings is 1. The molecule has 0 saturated carbocycles. The molecule has 0 radical (unpaired) electrons. The van der Waals surface area contributed by atoms with Gasteiger partial charge in [-0.25, -0.2) is 4.98 Å². The number of benzene rings is 2. The quantitative estimate of drug-likeness (QED) is 0.377. The number of ether oxygens (including phenoxy) is 2. The van der Waals surface area contributed by atoms with E-state index in [0.717, 1.165) is 16.7 Å². The number of methoxy groups -OCH3 is 1. The van der Waals surface area contributed by atoms with Crippen molar-refractivity contribution in [3.63, 3.8) is 0 Å². The number of nitrogens with zero attached hydrogens (tertiary/aromatic N) is 2. The van der Waals surface area contributed by atoms with Crippen molar-refractivity contribution >= 4 is 22.4 Å². The van der Waals surface area contributed by atoms with Crippen LogP contribution in [0.3, 0.4) is 0 Å². The minimum absolute atomic E-state index is 0.0628. The number of fused-ring (bicyclic) bond motifs is 1. The normalized spacial score (nSPS) is 10.7. The van der Waals surface area contributed by atoms with Crippen LogP contribution in [0.25, 0.3) is 10.9 Å². The number of rotatable bonds is 8. The first-order chi connectivity index (χ1) is 12.7. The van der Waals surface area contributed by atoms with Gasteiger partial charge in [0.05, 0.1) is 17.0 Å². The van der Waals surface area contributed by atoms with E-state index in [0.29, 0.717) is 31.1 Å². The first-order valence-corrected chi connectivity index (χ1v) is 8.15. The fourth-order valence-corrected chi connectivity index (χ4v) is 2.46. The van der Waals surface area contributed by atoms with Crippen LogP contribution >= 0.6 is 0 Å². The third-order valence-corrected chi connectivity index (χ3v) is 3.84. The van der Waals surface area contributed by atoms with Gasteiger partial charge in [-0.15, -0.1) is 0 Å². The van der Waals surface area contributed by atoms with Crippen LogP contribution in [-0.4, -0.2) is 30.2 Å². The highest BCUT2D eigenvalue weighted by Crippen LogP contribution is 2.21. The Morgan fingerprint density at radius 3 is 2.62 bits per heavy atom. The summed E-state index contributed by atoms with van der Waals surface area (Å²) in [6.45, 7) is 1.69. The Morgan fingerprint density at radius 2 is 1.88 bits per heavy atom. The second-order valence-corrected chi connectivity index (χ2v) is 5.67. The molecule has 0 aliphatic heterocycles. The summed E-state index contributed by atoms with van der Waals surface area (Å²) in [6.07, 6.45) is 0. The topological polar surface area (TPSA) is 86.5 Å². The van der Waals surface area contributed by atoms with Crippen molar-refractivity contribution in [2.45, 2.75) is 6.54 Å². The Morgan fingerprint density at radius 1 is 1.08 bits per heavy atom. The largest absolute Gasteiger partial charge is 0.491 e. The minimum Gasteiger partial charge on any atom is -0.491 e. The number of hydrogen-bond acceptors (Lipinski definition) is 6. The molecule has 134 valence electrons. The highest BCUT2D eigenvalue weighted by Gasteiger charge is 2.07. The molecule has 0 bridgehead atoms. The van der Waals surface area contributed by atoms with Gasteiger partial charge in [0.15, 0.2) is 0 Å². The van der Waals surface area contributed by atoms with Gasteiger partial charge in [-0.05, 0) is 35.9 Å². The number of nitro groups is 1. The van der Waals surface area contributed by atoms with E-state index < -0.39 is 4.92 Å². The van der Waals surface area contributed by atoms with Gasteiger partial charge in [0.25, 0.3) is 5.69 Å². The molecule has 0 unspecified atom stereocenters. The lowest BCUT2D eigenvalue weighted by atomic mass is 10.2. The van der Waals surface area contributed by atoms with Crippen LogP contribution < -0.4 is 10.1 Å². The van der Waals surface area contributed by atoms with E-state index in [1.807, 2.05) is 36.4 Å². The van der Waals surface area contributed by atoms with Crippen molar-refractivity contribution in [1.82, 2.24) is 4.98 Å². The summed E-state index contributed by atoms with van der Waals surface area (Å²) < 4.78 is 10.5. The Hall–Kier alpha value is -3.19. The molecule has 1 heterocycles. The van der Waals surface area contributed by atoms with Crippen molar-refractivity contribution < 1.29 is 14.4 Å². The van der Waals surface area contributed by atoms with Gasteiger partial charge in [0.1, 0.15) is 18.2 Å². The first-order valence-electron chi connectivity index (χ1n) is 8.15. The zero-order chi connectivity index (χ0) is 18.4. The third kappa shape index (κ3) is 4.46. The summed E-state index contributed by atoms with van der Waals surface area (Å²) in [5.74, 6) is 1.52. The summed E-state index contributed by atoms with van der Waals surface area (Å²) in [6, 6.07) is 16.1. The van der Waals surface area contributed by atoms with Crippen molar-refractivity contribution in [3.05, 3.63) is 70.3 Å². The molecule has 26 heavy (non-hydrogen) atoms. The maximum atomic E-state index is 10.8. The number of nitrogens with one attached hydrogen (secondary N) is 1. The third-order valence-electron chi connectivity index (χ3n) is 3.84. The maximum absolute atomic E-state index is 10.8. The molecule has 0 amide bonds. The van der Waals surface area contributed by atoms with Gasteiger partial charge >= 0.3 is 0 Å². The first kappa shape index (κ1) is 17.6. The molecule has 0 aliphatic rings. The van der Waals surface area contributed by atoms with E-state index in [1.165, 1.54) is 12.1 Å². The van der Waals surface area contributed by atoms with Crippen LogP contribution in [0, 0.1) is 10.1 Å². The van der Waals surface area contributed by atoms with Gasteiger partial charge in [0, 0.05) is 31.2 Å². The molecule has 7 heteroatoms. The average Bonchev–Trinajstić information content (AvgIpc) is 2.67. The molecular formula is C19H19N3O4. The molecule has 1 N–H and O–H groups in total. The van der Waals surface area contributed by atoms with Crippen molar-refractivity contribution in [2.75, 3.05) is 25.6 Å². The Labute approximate surface area is 150 Å². The summed E-state index contributed by atoms with van der Waals surface area (Å²) in [7, 11) is 1.64. The molecule has 0 fully saturated rings. The monoisotopic (exact) mass is 353 g/mol. The molecule has 3 rings (SSSR count). The van der Waals surface area contributed by atoms with Crippen molar-refractivity contribution in [1.29, 1.82) is 0 Å². The zero-order valence-electron chi connectivity index (χ0n) is 14.3. The highest BCUT2D eigenvalue weighted by molar-refractivity contribution is 5.82. The van der Waals surface area contributed by atoms with Gasteiger partial charge in [-0.2, -0.15) is 0 Å². The van der Waals surface area contributed by atoms with E-state index >= 15 is 0 Å². The molecule has 0 atom stereocenters. The van der Waals surface area contributed by atoms with Crippen LogP contribution in [0.4, 0.5) is 11.5 Å². The van der Waals surface area contributed by atoms with Crippen molar-refractivity contribution in [2.24, 2.45) is 0 Å². The molecule has 7 nitrogen and oxygen atoms in total. The predicted octanol–water partition coefficient (Wildman–Crippen LogP) is 3.78. The van der Waals surface area contributed by atoms with Gasteiger partial charge < -0.3 is 14.8 Å². The molecule has 2 aromatic carbocycles. The number of nitro benzene ring substituents is 1. The zero-order valence-corrected chi connectivity index (χ0v) is 14.3. The van der Waals surface area contributed by atoms with Gasteiger partial charge in [0.2, 0.25) is 0 Å². The van der Waals surface area contributed by atoms with E-state index in [2.05, 4.69) is 10.3 Å². The van der Waals surface area contributed by atoms with Crippen LogP contribution in [0.15, 0.2) is 54.6 Å². The Balaban J connectivity index is 1.62. The molecule has 1 aromatic heterocycles. The van der Waals surface area contributed by atoms with Crippen LogP contribution in [-0.2, 0) is 11.3 Å². The summed E-state index contributed by atoms with van der Waals surface area (Å²) >= 11 is 0. The number of aromatic nitrogens is 1. The summed E-state index contributed by atoms with van der Waals surface area (Å²) in [5, 5.41) is 14.8. The Bertz CT molecular complexity index is 897. The van der Waals surface area contributed by atoms with E-state index in [1.54, 1.807) is 13.2 Å². The number of hydrogen-bond donors (Lipinski definition) is 1. The highest BCUT2D eigenvalue weighted by atomic mass is 16.6. The average molecular weight is 353 g/mol. The van der Waals surface area contributed by atoms with Gasteiger partial charge in [-0.1, -0.05) is 12.1 Å². The van der Waals surface area contributed by atoms with Crippen LogP contribution in [0.5, 0.6) is 5.75 Å². The van der Waals surface area contributed by atoms with Crippen LogP contribution in [0.1, 0.15) is 5.56 Å². The summed E-state index contributed by atoms with van der Waals surface area (Å²) in [4.78, 5) is 14.9. The number of anilines is 1. The predicted molar refractivity (Wildman–Crippen MR) is 99.5 cm³/mol. The standard InChI is InChI=1S/C19H19N3O4/c1-25-10-11-26-17-6-2-14(3-7-17)13-20-19-9-4-15-12-16(22(23)24)5-8-18(15)21-19/h2-9,12H,10-11,13H2,1H3,(H,20,21). The Kier molecular flexibility index (Phi) is 5.60. The number of non-ortho nitro benzene ring substituents is 1. The lowest BCUT2D eigenvalue weighted by Crippen LogP contribution is -2.04. The molecule has 3 aromatic rings. The summed E-state index contributed by atoms with van der Waals surface area (Å²) in [5.41, 5.74) is 1.87. The maximum Gasteiger partial charge on any atom is 0.270 e. The van der Waals surface area contributed by atoms with Crippen molar-refractivity contribution in [3.8, 4) is 5.75 Å². The SMILES string of the molecule is COCCOc1ccc(CNc2ccc3cc([N+](=O)[O-])ccc3n2)cc1. The molecule has 0 spiro atoms. The van der Waals surface area contributed by atoms with Crippen LogP contribution in [0.2, 0.25) is 0 Å². The molecular weight excluding hydrogens is 334 g/mol. The van der Waals surface area contributed by atoms with E-state index in [9.17, 15) is 10.1 Å². The second-order valence-electron chi connectivity index (χ2n) is 5.67. The molecule has 0 aliphatic carbocycles. The lowest BCUT2D eigenvalue weighted by Gasteiger charge is -2.09. The molecule has 0 saturated heterocycles. The fraction of sp³-hybridized carbons (Fsp3) is 0.211.